The Morgan fingerprint density at radius 1 is 1.40 bits per heavy atom. The fraction of sp³-hybridized carbons (Fsp3) is 0.733. The third-order valence-corrected chi connectivity index (χ3v) is 4.81. The van der Waals surface area contributed by atoms with E-state index >= 15 is 0 Å². The molecule has 2 fully saturated rings. The van der Waals surface area contributed by atoms with Gasteiger partial charge < -0.3 is 14.7 Å². The number of likely N-dealkylation sites (tertiary alicyclic amines) is 1. The van der Waals surface area contributed by atoms with Crippen molar-refractivity contribution in [1.29, 1.82) is 0 Å². The number of ether oxygens (including phenoxy) is 1. The zero-order chi connectivity index (χ0) is 14.7. The number of fused-ring (bicyclic) bond motifs is 2. The third-order valence-electron chi connectivity index (χ3n) is 4.81. The molecule has 1 aliphatic carbocycles. The van der Waals surface area contributed by atoms with E-state index in [0.717, 1.165) is 25.5 Å². The Morgan fingerprint density at radius 3 is 2.45 bits per heavy atom. The molecule has 2 aliphatic rings. The summed E-state index contributed by atoms with van der Waals surface area (Å²) in [4.78, 5) is 25.0. The van der Waals surface area contributed by atoms with Gasteiger partial charge in [0.05, 0.1) is 12.2 Å². The summed E-state index contributed by atoms with van der Waals surface area (Å²) < 4.78 is 4.85. The number of amides is 1. The van der Waals surface area contributed by atoms with E-state index in [1.54, 1.807) is 4.90 Å². The number of carboxylic acid groups (broad SMARTS) is 1. The van der Waals surface area contributed by atoms with Crippen molar-refractivity contribution in [1.82, 2.24) is 4.90 Å². The minimum atomic E-state index is -0.698. The molecule has 3 atom stereocenters. The fourth-order valence-electron chi connectivity index (χ4n) is 4.04. The number of aliphatic carboxylic acids is 1. The molecule has 1 saturated carbocycles. The third kappa shape index (κ3) is 2.81. The van der Waals surface area contributed by atoms with Crippen molar-refractivity contribution in [3.05, 3.63) is 12.8 Å². The monoisotopic (exact) mass is 281 g/mol. The van der Waals surface area contributed by atoms with Crippen molar-refractivity contribution in [2.75, 3.05) is 13.1 Å². The van der Waals surface area contributed by atoms with Gasteiger partial charge in [-0.1, -0.05) is 19.9 Å². The Morgan fingerprint density at radius 2 is 2.00 bits per heavy atom. The molecule has 1 aliphatic heterocycles. The number of rotatable bonds is 4. The first-order valence-electron chi connectivity index (χ1n) is 7.37. The van der Waals surface area contributed by atoms with Crippen molar-refractivity contribution in [2.45, 2.75) is 32.6 Å². The average molecular weight is 281 g/mol. The Labute approximate surface area is 119 Å². The van der Waals surface area contributed by atoms with Crippen LogP contribution in [0.5, 0.6) is 0 Å². The molecule has 0 aromatic carbocycles. The van der Waals surface area contributed by atoms with Gasteiger partial charge >= 0.3 is 12.1 Å². The maximum Gasteiger partial charge on any atom is 0.414 e. The summed E-state index contributed by atoms with van der Waals surface area (Å²) in [5.74, 6) is -0.236. The highest BCUT2D eigenvalue weighted by atomic mass is 16.5. The van der Waals surface area contributed by atoms with Crippen molar-refractivity contribution in [3.63, 3.8) is 0 Å². The number of carbonyl (C=O) groups is 2. The zero-order valence-electron chi connectivity index (χ0n) is 12.0. The molecule has 2 rings (SSSR count). The van der Waals surface area contributed by atoms with Gasteiger partial charge in [-0.15, -0.1) is 0 Å². The molecule has 0 spiro atoms. The normalized spacial score (nSPS) is 30.4. The summed E-state index contributed by atoms with van der Waals surface area (Å²) in [6.07, 6.45) is 4.58. The molecule has 1 saturated heterocycles. The summed E-state index contributed by atoms with van der Waals surface area (Å²) in [5, 5.41) is 9.42. The van der Waals surface area contributed by atoms with Crippen LogP contribution >= 0.6 is 0 Å². The van der Waals surface area contributed by atoms with Crippen LogP contribution in [-0.2, 0) is 9.53 Å². The maximum absolute atomic E-state index is 11.8. The van der Waals surface area contributed by atoms with Gasteiger partial charge in [-0.2, -0.15) is 0 Å². The molecule has 2 bridgehead atoms. The minimum Gasteiger partial charge on any atom is -0.481 e. The van der Waals surface area contributed by atoms with Gasteiger partial charge in [0, 0.05) is 13.1 Å². The second-order valence-electron chi connectivity index (χ2n) is 5.84. The summed E-state index contributed by atoms with van der Waals surface area (Å²) in [7, 11) is 0. The predicted molar refractivity (Wildman–Crippen MR) is 74.0 cm³/mol. The summed E-state index contributed by atoms with van der Waals surface area (Å²) in [6.45, 7) is 6.55. The van der Waals surface area contributed by atoms with E-state index in [2.05, 4.69) is 6.58 Å². The number of piperidine rings is 1. The molecule has 5 heteroatoms. The Bertz CT molecular complexity index is 381. The quantitative estimate of drug-likeness (QED) is 0.805. The molecule has 20 heavy (non-hydrogen) atoms. The molecular formula is C15H23NO4. The SMILES string of the molecule is C=COC(=O)N1CC2CCCC(C1)C2C(CC)C(=O)O. The van der Waals surface area contributed by atoms with Crippen LogP contribution in [0.4, 0.5) is 4.79 Å². The first kappa shape index (κ1) is 14.9. The molecule has 1 N–H and O–H groups in total. The predicted octanol–water partition coefficient (Wildman–Crippen LogP) is 2.73. The van der Waals surface area contributed by atoms with Gasteiger partial charge in [-0.3, -0.25) is 4.79 Å². The van der Waals surface area contributed by atoms with Crippen LogP contribution in [0.1, 0.15) is 32.6 Å². The molecule has 1 heterocycles. The highest BCUT2D eigenvalue weighted by Gasteiger charge is 2.46. The van der Waals surface area contributed by atoms with Crippen molar-refractivity contribution < 1.29 is 19.4 Å². The average Bonchev–Trinajstić information content (AvgIpc) is 2.38. The smallest absolute Gasteiger partial charge is 0.414 e. The lowest BCUT2D eigenvalue weighted by Crippen LogP contribution is -2.53. The first-order valence-corrected chi connectivity index (χ1v) is 7.37. The molecule has 112 valence electrons. The summed E-state index contributed by atoms with van der Waals surface area (Å²) >= 11 is 0. The molecular weight excluding hydrogens is 258 g/mol. The van der Waals surface area contributed by atoms with Crippen LogP contribution < -0.4 is 0 Å². The minimum absolute atomic E-state index is 0.194. The van der Waals surface area contributed by atoms with Gasteiger partial charge in [-0.25, -0.2) is 4.79 Å². The lowest BCUT2D eigenvalue weighted by Gasteiger charge is -2.48. The molecule has 0 aromatic heterocycles. The van der Waals surface area contributed by atoms with Crippen molar-refractivity contribution in [2.24, 2.45) is 23.7 Å². The zero-order valence-corrected chi connectivity index (χ0v) is 12.0. The lowest BCUT2D eigenvalue weighted by molar-refractivity contribution is -0.148. The Hall–Kier alpha value is -1.52. The molecule has 0 aromatic rings. The van der Waals surface area contributed by atoms with Crippen LogP contribution in [0, 0.1) is 23.7 Å². The summed E-state index contributed by atoms with van der Waals surface area (Å²) in [6, 6.07) is 0. The van der Waals surface area contributed by atoms with Gasteiger partial charge in [0.1, 0.15) is 0 Å². The van der Waals surface area contributed by atoms with E-state index in [4.69, 9.17) is 4.74 Å². The highest BCUT2D eigenvalue weighted by molar-refractivity contribution is 5.71. The number of carbonyl (C=O) groups excluding carboxylic acids is 1. The fourth-order valence-corrected chi connectivity index (χ4v) is 4.04. The lowest BCUT2D eigenvalue weighted by atomic mass is 9.63. The molecule has 1 amide bonds. The van der Waals surface area contributed by atoms with E-state index in [1.165, 1.54) is 0 Å². The Kier molecular flexibility index (Phi) is 4.68. The number of carboxylic acids is 1. The van der Waals surface area contributed by atoms with Crippen LogP contribution in [0.2, 0.25) is 0 Å². The van der Waals surface area contributed by atoms with E-state index in [1.807, 2.05) is 6.92 Å². The number of nitrogens with zero attached hydrogens (tertiary/aromatic N) is 1. The molecule has 5 nitrogen and oxygen atoms in total. The maximum atomic E-state index is 11.8. The number of hydrogen-bond donors (Lipinski definition) is 1. The van der Waals surface area contributed by atoms with E-state index in [0.29, 0.717) is 19.5 Å². The van der Waals surface area contributed by atoms with Crippen LogP contribution in [0.3, 0.4) is 0 Å². The Balaban J connectivity index is 2.13. The number of hydrogen-bond acceptors (Lipinski definition) is 3. The standard InChI is InChI=1S/C15H23NO4/c1-3-12(14(17)18)13-10-6-5-7-11(13)9-16(8-10)15(19)20-4-2/h4,10-13H,2-3,5-9H2,1H3,(H,17,18). The van der Waals surface area contributed by atoms with Gasteiger partial charge in [0.2, 0.25) is 0 Å². The van der Waals surface area contributed by atoms with E-state index < -0.39 is 5.97 Å². The topological polar surface area (TPSA) is 66.8 Å². The molecule has 0 radical (unpaired) electrons. The second kappa shape index (κ2) is 6.29. The molecule has 3 unspecified atom stereocenters. The summed E-state index contributed by atoms with van der Waals surface area (Å²) in [5.41, 5.74) is 0. The largest absolute Gasteiger partial charge is 0.481 e. The van der Waals surface area contributed by atoms with Crippen molar-refractivity contribution in [3.8, 4) is 0 Å². The van der Waals surface area contributed by atoms with E-state index in [-0.39, 0.29) is 29.8 Å². The van der Waals surface area contributed by atoms with Crippen molar-refractivity contribution >= 4 is 12.1 Å². The van der Waals surface area contributed by atoms with Crippen LogP contribution in [-0.4, -0.2) is 35.2 Å². The van der Waals surface area contributed by atoms with Crippen LogP contribution in [0.25, 0.3) is 0 Å². The van der Waals surface area contributed by atoms with Gasteiger partial charge in [0.25, 0.3) is 0 Å². The second-order valence-corrected chi connectivity index (χ2v) is 5.84. The van der Waals surface area contributed by atoms with Gasteiger partial charge in [-0.05, 0) is 37.0 Å². The van der Waals surface area contributed by atoms with Crippen LogP contribution in [0.15, 0.2) is 12.8 Å². The first-order chi connectivity index (χ1) is 9.58. The highest BCUT2D eigenvalue weighted by Crippen LogP contribution is 2.44. The van der Waals surface area contributed by atoms with Gasteiger partial charge in [0.15, 0.2) is 0 Å². The van der Waals surface area contributed by atoms with E-state index in [9.17, 15) is 14.7 Å².